The fraction of sp³-hybridized carbons (Fsp3) is 0.500. The molecule has 0 fully saturated rings. The van der Waals surface area contributed by atoms with E-state index in [1.807, 2.05) is 30.7 Å². The van der Waals surface area contributed by atoms with Gasteiger partial charge in [0.2, 0.25) is 11.8 Å². The summed E-state index contributed by atoms with van der Waals surface area (Å²) in [6, 6.07) is 1.94. The summed E-state index contributed by atoms with van der Waals surface area (Å²) in [4.78, 5) is 18.5. The van der Waals surface area contributed by atoms with Gasteiger partial charge in [0.05, 0.1) is 17.7 Å². The zero-order valence-electron chi connectivity index (χ0n) is 13.4. The normalized spacial score (nSPS) is 11.7. The first-order valence-electron chi connectivity index (χ1n) is 7.29. The summed E-state index contributed by atoms with van der Waals surface area (Å²) in [6.07, 6.45) is 0.184. The number of aryl methyl sites for hydroxylation is 1. The first kappa shape index (κ1) is 16.7. The van der Waals surface area contributed by atoms with Crippen LogP contribution in [0.25, 0.3) is 11.5 Å². The van der Waals surface area contributed by atoms with Crippen molar-refractivity contribution in [3.8, 4) is 11.5 Å². The van der Waals surface area contributed by atoms with Gasteiger partial charge in [0.15, 0.2) is 0 Å². The van der Waals surface area contributed by atoms with Crippen LogP contribution in [0.5, 0.6) is 0 Å². The van der Waals surface area contributed by atoms with Gasteiger partial charge in [0.25, 0.3) is 0 Å². The lowest BCUT2D eigenvalue weighted by Crippen LogP contribution is -2.42. The Labute approximate surface area is 134 Å². The molecule has 1 amide bonds. The molecule has 0 saturated carbocycles. The molecule has 0 aliphatic rings. The van der Waals surface area contributed by atoms with Crippen molar-refractivity contribution >= 4 is 17.2 Å². The third kappa shape index (κ3) is 4.18. The number of aliphatic hydroxyl groups is 1. The van der Waals surface area contributed by atoms with Crippen LogP contribution in [0, 0.1) is 6.92 Å². The first-order chi connectivity index (χ1) is 10.3. The molecule has 2 aromatic rings. The second-order valence-corrected chi connectivity index (χ2v) is 6.71. The van der Waals surface area contributed by atoms with Crippen molar-refractivity contribution in [2.75, 3.05) is 13.1 Å². The molecular weight excluding hydrogens is 300 g/mol. The van der Waals surface area contributed by atoms with Gasteiger partial charge in [-0.2, -0.15) is 11.3 Å². The monoisotopic (exact) mass is 322 g/mol. The molecule has 1 N–H and O–H groups in total. The predicted molar refractivity (Wildman–Crippen MR) is 86.8 cm³/mol. The molecule has 5 nitrogen and oxygen atoms in total. The molecule has 0 saturated heterocycles. The number of thiophene rings is 1. The third-order valence-corrected chi connectivity index (χ3v) is 3.97. The van der Waals surface area contributed by atoms with Gasteiger partial charge in [0, 0.05) is 24.0 Å². The first-order valence-corrected chi connectivity index (χ1v) is 8.23. The van der Waals surface area contributed by atoms with Crippen LogP contribution in [0.3, 0.4) is 0 Å². The summed E-state index contributed by atoms with van der Waals surface area (Å²) in [5.41, 5.74) is 0.669. The molecule has 0 unspecified atom stereocenters. The minimum absolute atomic E-state index is 0.0575. The Morgan fingerprint density at radius 3 is 2.77 bits per heavy atom. The van der Waals surface area contributed by atoms with E-state index in [0.29, 0.717) is 30.4 Å². The quantitative estimate of drug-likeness (QED) is 0.888. The highest BCUT2D eigenvalue weighted by molar-refractivity contribution is 7.08. The maximum atomic E-state index is 12.4. The van der Waals surface area contributed by atoms with Gasteiger partial charge in [-0.15, -0.1) is 0 Å². The molecule has 0 aromatic carbocycles. The number of oxazole rings is 1. The lowest BCUT2D eigenvalue weighted by atomic mass is 10.1. The van der Waals surface area contributed by atoms with Crippen LogP contribution < -0.4 is 0 Å². The topological polar surface area (TPSA) is 66.6 Å². The minimum Gasteiger partial charge on any atom is -0.441 e. The van der Waals surface area contributed by atoms with Crippen molar-refractivity contribution in [2.45, 2.75) is 39.7 Å². The third-order valence-electron chi connectivity index (χ3n) is 3.29. The van der Waals surface area contributed by atoms with Gasteiger partial charge < -0.3 is 14.4 Å². The summed E-state index contributed by atoms with van der Waals surface area (Å²) in [5.74, 6) is 1.15. The van der Waals surface area contributed by atoms with E-state index in [9.17, 15) is 9.90 Å². The van der Waals surface area contributed by atoms with E-state index in [0.717, 1.165) is 5.56 Å². The Morgan fingerprint density at radius 1 is 1.50 bits per heavy atom. The summed E-state index contributed by atoms with van der Waals surface area (Å²) in [6.45, 7) is 7.96. The Morgan fingerprint density at radius 2 is 2.23 bits per heavy atom. The average Bonchev–Trinajstić information content (AvgIpc) is 3.05. The molecule has 0 aliphatic carbocycles. The number of carbonyl (C=O) groups excluding carboxylic acids is 1. The Balaban J connectivity index is 2.11. The molecule has 0 atom stereocenters. The predicted octanol–water partition coefficient (Wildman–Crippen LogP) is 2.87. The van der Waals surface area contributed by atoms with Gasteiger partial charge in [-0.25, -0.2) is 4.98 Å². The second kappa shape index (κ2) is 6.62. The van der Waals surface area contributed by atoms with Crippen LogP contribution in [-0.2, 0) is 11.2 Å². The van der Waals surface area contributed by atoms with E-state index in [1.54, 1.807) is 30.1 Å². The van der Waals surface area contributed by atoms with Crippen molar-refractivity contribution < 1.29 is 14.3 Å². The zero-order chi connectivity index (χ0) is 16.3. The fourth-order valence-corrected chi connectivity index (χ4v) is 2.83. The van der Waals surface area contributed by atoms with E-state index in [4.69, 9.17) is 4.42 Å². The van der Waals surface area contributed by atoms with Crippen molar-refractivity contribution in [1.82, 2.24) is 9.88 Å². The highest BCUT2D eigenvalue weighted by Gasteiger charge is 2.23. The molecule has 0 bridgehead atoms. The van der Waals surface area contributed by atoms with Gasteiger partial charge in [-0.3, -0.25) is 4.79 Å². The van der Waals surface area contributed by atoms with Crippen molar-refractivity contribution in [3.05, 3.63) is 28.3 Å². The highest BCUT2D eigenvalue weighted by atomic mass is 32.1. The lowest BCUT2D eigenvalue weighted by molar-refractivity contribution is -0.133. The van der Waals surface area contributed by atoms with Gasteiger partial charge in [0.1, 0.15) is 5.76 Å². The van der Waals surface area contributed by atoms with Gasteiger partial charge in [-0.1, -0.05) is 0 Å². The van der Waals surface area contributed by atoms with Crippen molar-refractivity contribution in [1.29, 1.82) is 0 Å². The van der Waals surface area contributed by atoms with Crippen LogP contribution in [0.2, 0.25) is 0 Å². The molecule has 22 heavy (non-hydrogen) atoms. The molecule has 6 heteroatoms. The highest BCUT2D eigenvalue weighted by Crippen LogP contribution is 2.24. The Bertz CT molecular complexity index is 626. The molecule has 0 radical (unpaired) electrons. The molecular formula is C16H22N2O3S. The molecule has 120 valence electrons. The number of amides is 1. The van der Waals surface area contributed by atoms with Crippen LogP contribution in [0.1, 0.15) is 32.2 Å². The summed E-state index contributed by atoms with van der Waals surface area (Å²) in [7, 11) is 0. The van der Waals surface area contributed by atoms with Crippen LogP contribution >= 0.6 is 11.3 Å². The molecule has 2 aromatic heterocycles. The average molecular weight is 322 g/mol. The fourth-order valence-electron chi connectivity index (χ4n) is 2.20. The van der Waals surface area contributed by atoms with E-state index in [1.165, 1.54) is 0 Å². The van der Waals surface area contributed by atoms with E-state index in [-0.39, 0.29) is 12.3 Å². The number of hydrogen-bond acceptors (Lipinski definition) is 5. The van der Waals surface area contributed by atoms with Crippen LogP contribution in [-0.4, -0.2) is 39.6 Å². The number of rotatable bonds is 6. The maximum absolute atomic E-state index is 12.4. The van der Waals surface area contributed by atoms with E-state index in [2.05, 4.69) is 4.98 Å². The number of likely N-dealkylation sites (N-methyl/N-ethyl adjacent to an activating group) is 1. The summed E-state index contributed by atoms with van der Waals surface area (Å²) >= 11 is 1.58. The van der Waals surface area contributed by atoms with E-state index >= 15 is 0 Å². The largest absolute Gasteiger partial charge is 0.441 e. The van der Waals surface area contributed by atoms with Gasteiger partial charge in [-0.05, 0) is 39.1 Å². The Hall–Kier alpha value is -1.66. The molecule has 2 heterocycles. The SMILES string of the molecule is CCN(CC(C)(C)O)C(=O)Cc1nc(-c2ccsc2)oc1C. The summed E-state index contributed by atoms with van der Waals surface area (Å²) < 4.78 is 5.65. The zero-order valence-corrected chi connectivity index (χ0v) is 14.2. The van der Waals surface area contributed by atoms with Crippen LogP contribution in [0.4, 0.5) is 0 Å². The van der Waals surface area contributed by atoms with Crippen molar-refractivity contribution in [3.63, 3.8) is 0 Å². The summed E-state index contributed by atoms with van der Waals surface area (Å²) in [5, 5.41) is 13.8. The number of aromatic nitrogens is 1. The Kier molecular flexibility index (Phi) is 5.03. The standard InChI is InChI=1S/C16H22N2O3S/c1-5-18(10-16(3,4)20)14(19)8-13-11(2)21-15(17-13)12-6-7-22-9-12/h6-7,9,20H,5,8,10H2,1-4H3. The lowest BCUT2D eigenvalue weighted by Gasteiger charge is -2.28. The van der Waals surface area contributed by atoms with Gasteiger partial charge >= 0.3 is 0 Å². The van der Waals surface area contributed by atoms with Crippen LogP contribution in [0.15, 0.2) is 21.2 Å². The minimum atomic E-state index is -0.910. The number of nitrogens with zero attached hydrogens (tertiary/aromatic N) is 2. The molecule has 0 spiro atoms. The number of hydrogen-bond donors (Lipinski definition) is 1. The second-order valence-electron chi connectivity index (χ2n) is 5.93. The smallest absolute Gasteiger partial charge is 0.228 e. The molecule has 2 rings (SSSR count). The molecule has 0 aliphatic heterocycles. The van der Waals surface area contributed by atoms with E-state index < -0.39 is 5.60 Å². The number of carbonyl (C=O) groups is 1. The van der Waals surface area contributed by atoms with Crippen molar-refractivity contribution in [2.24, 2.45) is 0 Å². The maximum Gasteiger partial charge on any atom is 0.228 e.